The van der Waals surface area contributed by atoms with Gasteiger partial charge in [-0.1, -0.05) is 18.0 Å². The first-order chi connectivity index (χ1) is 7.81. The average Bonchev–Trinajstić information content (AvgIpc) is 2.94. The molecule has 2 aliphatic rings. The first-order valence-electron chi connectivity index (χ1n) is 6.26. The van der Waals surface area contributed by atoms with Gasteiger partial charge in [-0.05, 0) is 55.7 Å². The van der Waals surface area contributed by atoms with Crippen molar-refractivity contribution in [3.05, 3.63) is 21.3 Å². The third kappa shape index (κ3) is 2.29. The van der Waals surface area contributed by atoms with Crippen molar-refractivity contribution in [2.75, 3.05) is 6.54 Å². The number of rotatable bonds is 4. The van der Waals surface area contributed by atoms with Crippen molar-refractivity contribution in [3.8, 4) is 0 Å². The Morgan fingerprint density at radius 2 is 2.25 bits per heavy atom. The van der Waals surface area contributed by atoms with Gasteiger partial charge >= 0.3 is 0 Å². The summed E-state index contributed by atoms with van der Waals surface area (Å²) in [5, 5.41) is 3.59. The quantitative estimate of drug-likeness (QED) is 0.860. The van der Waals surface area contributed by atoms with E-state index >= 15 is 0 Å². The van der Waals surface area contributed by atoms with Crippen LogP contribution >= 0.6 is 22.9 Å². The zero-order valence-corrected chi connectivity index (χ0v) is 11.0. The zero-order chi connectivity index (χ0) is 11.0. The molecule has 16 heavy (non-hydrogen) atoms. The number of hydrogen-bond donors (Lipinski definition) is 1. The van der Waals surface area contributed by atoms with Crippen molar-refractivity contribution in [1.82, 2.24) is 5.32 Å². The minimum absolute atomic E-state index is 0.900. The summed E-state index contributed by atoms with van der Waals surface area (Å²) < 4.78 is 0.900. The second-order valence-corrected chi connectivity index (χ2v) is 7.07. The lowest BCUT2D eigenvalue weighted by atomic mass is 9.89. The zero-order valence-electron chi connectivity index (χ0n) is 9.42. The summed E-state index contributed by atoms with van der Waals surface area (Å²) in [5.74, 6) is 3.05. The molecule has 3 unspecified atom stereocenters. The fraction of sp³-hybridized carbons (Fsp3) is 0.692. The number of hydrogen-bond acceptors (Lipinski definition) is 2. The molecule has 0 spiro atoms. The molecule has 0 amide bonds. The Morgan fingerprint density at radius 3 is 2.88 bits per heavy atom. The molecule has 2 aliphatic carbocycles. The van der Waals surface area contributed by atoms with Crippen LogP contribution in [-0.2, 0) is 6.54 Å². The van der Waals surface area contributed by atoms with E-state index in [2.05, 4.69) is 11.4 Å². The van der Waals surface area contributed by atoms with Gasteiger partial charge in [0.15, 0.2) is 0 Å². The van der Waals surface area contributed by atoms with Crippen molar-refractivity contribution in [2.24, 2.45) is 17.8 Å². The van der Waals surface area contributed by atoms with Crippen molar-refractivity contribution in [2.45, 2.75) is 32.2 Å². The summed E-state index contributed by atoms with van der Waals surface area (Å²) >= 11 is 7.60. The van der Waals surface area contributed by atoms with Crippen LogP contribution in [-0.4, -0.2) is 6.54 Å². The highest BCUT2D eigenvalue weighted by molar-refractivity contribution is 7.16. The molecule has 1 heterocycles. The Morgan fingerprint density at radius 1 is 1.31 bits per heavy atom. The van der Waals surface area contributed by atoms with Crippen molar-refractivity contribution >= 4 is 22.9 Å². The molecule has 1 N–H and O–H groups in total. The van der Waals surface area contributed by atoms with Crippen LogP contribution in [0.15, 0.2) is 12.1 Å². The van der Waals surface area contributed by atoms with Gasteiger partial charge in [0, 0.05) is 11.4 Å². The van der Waals surface area contributed by atoms with Gasteiger partial charge in [-0.15, -0.1) is 11.3 Å². The molecule has 88 valence electrons. The number of fused-ring (bicyclic) bond motifs is 2. The standard InChI is InChI=1S/C13H18ClNS/c14-13-4-3-12(16-13)8-15-7-11-6-9-1-2-10(11)5-9/h3-4,9-11,15H,1-2,5-8H2. The van der Waals surface area contributed by atoms with Crippen LogP contribution in [0.5, 0.6) is 0 Å². The van der Waals surface area contributed by atoms with Gasteiger partial charge in [-0.3, -0.25) is 0 Å². The molecular weight excluding hydrogens is 238 g/mol. The van der Waals surface area contributed by atoms with E-state index in [4.69, 9.17) is 11.6 Å². The van der Waals surface area contributed by atoms with Gasteiger partial charge in [0.2, 0.25) is 0 Å². The molecule has 3 rings (SSSR count). The Hall–Kier alpha value is -0.0500. The summed E-state index contributed by atoms with van der Waals surface area (Å²) in [5.41, 5.74) is 0. The number of halogens is 1. The second kappa shape index (κ2) is 4.67. The fourth-order valence-corrected chi connectivity index (χ4v) is 4.51. The summed E-state index contributed by atoms with van der Waals surface area (Å²) in [6.45, 7) is 2.20. The van der Waals surface area contributed by atoms with E-state index in [1.165, 1.54) is 37.1 Å². The van der Waals surface area contributed by atoms with Gasteiger partial charge in [-0.2, -0.15) is 0 Å². The first-order valence-corrected chi connectivity index (χ1v) is 7.45. The molecule has 1 aromatic rings. The monoisotopic (exact) mass is 255 g/mol. The molecule has 0 radical (unpaired) electrons. The molecule has 3 atom stereocenters. The Labute approximate surface area is 106 Å². The molecule has 0 aromatic carbocycles. The molecule has 1 nitrogen and oxygen atoms in total. The van der Waals surface area contributed by atoms with E-state index in [0.717, 1.165) is 28.6 Å². The summed E-state index contributed by atoms with van der Waals surface area (Å²) in [6.07, 6.45) is 5.98. The Bertz CT molecular complexity index is 363. The maximum atomic E-state index is 5.91. The van der Waals surface area contributed by atoms with Crippen LogP contribution in [0, 0.1) is 17.8 Å². The molecule has 2 fully saturated rings. The normalized spacial score (nSPS) is 32.4. The summed E-state index contributed by atoms with van der Waals surface area (Å²) in [4.78, 5) is 1.35. The molecule has 3 heteroatoms. The highest BCUT2D eigenvalue weighted by atomic mass is 35.5. The van der Waals surface area contributed by atoms with Crippen LogP contribution in [0.2, 0.25) is 4.34 Å². The summed E-state index contributed by atoms with van der Waals surface area (Å²) in [6, 6.07) is 4.11. The van der Waals surface area contributed by atoms with Gasteiger partial charge in [0.25, 0.3) is 0 Å². The Kier molecular flexibility index (Phi) is 3.23. The molecular formula is C13H18ClNS. The minimum atomic E-state index is 0.900. The summed E-state index contributed by atoms with van der Waals surface area (Å²) in [7, 11) is 0. The third-order valence-electron chi connectivity index (χ3n) is 4.22. The third-order valence-corrected chi connectivity index (χ3v) is 5.45. The van der Waals surface area contributed by atoms with E-state index in [1.54, 1.807) is 11.3 Å². The molecule has 0 aliphatic heterocycles. The number of nitrogens with one attached hydrogen (secondary N) is 1. The van der Waals surface area contributed by atoms with E-state index in [-0.39, 0.29) is 0 Å². The SMILES string of the molecule is Clc1ccc(CNCC2CC3CCC2C3)s1. The Balaban J connectivity index is 1.44. The predicted octanol–water partition coefficient (Wildman–Crippen LogP) is 3.93. The number of thiophene rings is 1. The van der Waals surface area contributed by atoms with E-state index in [9.17, 15) is 0 Å². The molecule has 2 saturated carbocycles. The highest BCUT2D eigenvalue weighted by Gasteiger charge is 2.38. The maximum absolute atomic E-state index is 5.91. The largest absolute Gasteiger partial charge is 0.312 e. The first kappa shape index (κ1) is 11.1. The van der Waals surface area contributed by atoms with Gasteiger partial charge in [-0.25, -0.2) is 0 Å². The van der Waals surface area contributed by atoms with Crippen molar-refractivity contribution in [3.63, 3.8) is 0 Å². The van der Waals surface area contributed by atoms with Crippen LogP contribution < -0.4 is 5.32 Å². The highest BCUT2D eigenvalue weighted by Crippen LogP contribution is 2.47. The smallest absolute Gasteiger partial charge is 0.0931 e. The average molecular weight is 256 g/mol. The lowest BCUT2D eigenvalue weighted by Crippen LogP contribution is -2.25. The molecule has 0 saturated heterocycles. The lowest BCUT2D eigenvalue weighted by Gasteiger charge is -2.21. The topological polar surface area (TPSA) is 12.0 Å². The van der Waals surface area contributed by atoms with Crippen molar-refractivity contribution < 1.29 is 0 Å². The van der Waals surface area contributed by atoms with E-state index in [0.29, 0.717) is 0 Å². The van der Waals surface area contributed by atoms with Gasteiger partial charge in [0.05, 0.1) is 4.34 Å². The fourth-order valence-electron chi connectivity index (χ4n) is 3.45. The second-order valence-electron chi connectivity index (χ2n) is 5.27. The van der Waals surface area contributed by atoms with Crippen LogP contribution in [0.3, 0.4) is 0 Å². The van der Waals surface area contributed by atoms with Crippen LogP contribution in [0.1, 0.15) is 30.6 Å². The minimum Gasteiger partial charge on any atom is -0.312 e. The van der Waals surface area contributed by atoms with Crippen molar-refractivity contribution in [1.29, 1.82) is 0 Å². The predicted molar refractivity (Wildman–Crippen MR) is 70.0 cm³/mol. The molecule has 2 bridgehead atoms. The molecule has 1 aromatic heterocycles. The van der Waals surface area contributed by atoms with Crippen LogP contribution in [0.25, 0.3) is 0 Å². The van der Waals surface area contributed by atoms with E-state index < -0.39 is 0 Å². The van der Waals surface area contributed by atoms with Crippen LogP contribution in [0.4, 0.5) is 0 Å². The lowest BCUT2D eigenvalue weighted by molar-refractivity contribution is 0.319. The van der Waals surface area contributed by atoms with Gasteiger partial charge in [0.1, 0.15) is 0 Å². The maximum Gasteiger partial charge on any atom is 0.0931 e. The van der Waals surface area contributed by atoms with Gasteiger partial charge < -0.3 is 5.32 Å². The van der Waals surface area contributed by atoms with E-state index in [1.807, 2.05) is 6.07 Å².